The van der Waals surface area contributed by atoms with Crippen LogP contribution >= 0.6 is 0 Å². The van der Waals surface area contributed by atoms with Gasteiger partial charge in [-0.25, -0.2) is 9.55 Å². The van der Waals surface area contributed by atoms with Gasteiger partial charge < -0.3 is 17.3 Å². The minimum atomic E-state index is -6.00. The van der Waals surface area contributed by atoms with Crippen LogP contribution < -0.4 is 4.57 Å². The average Bonchev–Trinajstić information content (AvgIpc) is 2.79. The second-order valence-electron chi connectivity index (χ2n) is 7.02. The molecule has 0 saturated heterocycles. The molecule has 0 N–H and O–H groups in total. The first-order chi connectivity index (χ1) is 15.3. The van der Waals surface area contributed by atoms with Crippen molar-refractivity contribution in [1.82, 2.24) is 4.98 Å². The molecule has 2 aromatic carbocycles. The smallest absolute Gasteiger partial charge is 0.418 e. The number of hydrogen-bond acceptors (Lipinski definition) is 1. The molecule has 0 bridgehead atoms. The molecule has 7 heteroatoms. The van der Waals surface area contributed by atoms with Gasteiger partial charge >= 0.3 is 7.25 Å². The van der Waals surface area contributed by atoms with Crippen molar-refractivity contribution >= 4 is 19.4 Å². The molecule has 0 unspecified atom stereocenters. The van der Waals surface area contributed by atoms with Crippen molar-refractivity contribution in [1.29, 1.82) is 0 Å². The molecule has 0 saturated carbocycles. The van der Waals surface area contributed by atoms with E-state index in [1.54, 1.807) is 0 Å². The zero-order valence-electron chi connectivity index (χ0n) is 17.4. The summed E-state index contributed by atoms with van der Waals surface area (Å²) in [5.41, 5.74) is 6.57. The summed E-state index contributed by atoms with van der Waals surface area (Å²) in [6, 6.07) is 29.2. The highest BCUT2D eigenvalue weighted by atomic mass is 19.5. The summed E-state index contributed by atoms with van der Waals surface area (Å²) in [4.78, 5) is 4.87. The van der Waals surface area contributed by atoms with E-state index in [0.717, 1.165) is 22.5 Å². The Balaban J connectivity index is 0.000000523. The van der Waals surface area contributed by atoms with Gasteiger partial charge in [0.05, 0.1) is 11.4 Å². The van der Waals surface area contributed by atoms with Crippen LogP contribution in [0.3, 0.4) is 0 Å². The molecule has 0 aliphatic carbocycles. The molecule has 4 aromatic rings. The van der Waals surface area contributed by atoms with Gasteiger partial charge in [0.1, 0.15) is 7.05 Å². The molecule has 0 atom stereocenters. The predicted molar refractivity (Wildman–Crippen MR) is 122 cm³/mol. The first kappa shape index (κ1) is 22.9. The third-order valence-electron chi connectivity index (χ3n) is 4.47. The topological polar surface area (TPSA) is 16.8 Å². The molecule has 0 fully saturated rings. The largest absolute Gasteiger partial charge is 0.673 e. The molecular formula is C25H21BF4N2. The number of rotatable bonds is 4. The van der Waals surface area contributed by atoms with Crippen LogP contribution in [-0.4, -0.2) is 12.2 Å². The van der Waals surface area contributed by atoms with Gasteiger partial charge in [0.25, 0.3) is 0 Å². The first-order valence-electron chi connectivity index (χ1n) is 9.91. The molecule has 32 heavy (non-hydrogen) atoms. The number of aromatic nitrogens is 2. The monoisotopic (exact) mass is 436 g/mol. The van der Waals surface area contributed by atoms with Crippen LogP contribution in [0.5, 0.6) is 0 Å². The lowest BCUT2D eigenvalue weighted by atomic mass is 10.0. The third-order valence-corrected chi connectivity index (χ3v) is 4.47. The zero-order valence-corrected chi connectivity index (χ0v) is 17.4. The third kappa shape index (κ3) is 7.50. The Labute approximate surface area is 184 Å². The summed E-state index contributed by atoms with van der Waals surface area (Å²) >= 11 is 0. The molecule has 0 radical (unpaired) electrons. The van der Waals surface area contributed by atoms with Gasteiger partial charge in [0.2, 0.25) is 0 Å². The van der Waals surface area contributed by atoms with Gasteiger partial charge in [0.15, 0.2) is 12.4 Å². The van der Waals surface area contributed by atoms with Crippen LogP contribution in [0.4, 0.5) is 17.3 Å². The number of nitrogens with zero attached hydrogens (tertiary/aromatic N) is 2. The van der Waals surface area contributed by atoms with Gasteiger partial charge in [-0.05, 0) is 34.9 Å². The molecule has 0 spiro atoms. The molecule has 2 heterocycles. The lowest BCUT2D eigenvalue weighted by molar-refractivity contribution is -0.671. The molecule has 2 aromatic heterocycles. The SMILES string of the molecule is C[n+]1ccc(/C=C\c2cc(-c3ccccc3)cc(-c3ccccc3)n2)cc1.F[B-](F)(F)F. The van der Waals surface area contributed by atoms with Gasteiger partial charge in [-0.15, -0.1) is 0 Å². The fourth-order valence-corrected chi connectivity index (χ4v) is 3.00. The predicted octanol–water partition coefficient (Wildman–Crippen LogP) is 6.71. The maximum absolute atomic E-state index is 9.75. The molecule has 0 aliphatic rings. The van der Waals surface area contributed by atoms with Crippen LogP contribution in [-0.2, 0) is 7.05 Å². The minimum Gasteiger partial charge on any atom is -0.418 e. The van der Waals surface area contributed by atoms with Crippen molar-refractivity contribution in [3.05, 3.63) is 109 Å². The molecular weight excluding hydrogens is 415 g/mol. The fourth-order valence-electron chi connectivity index (χ4n) is 3.00. The van der Waals surface area contributed by atoms with Crippen molar-refractivity contribution < 1.29 is 21.8 Å². The standard InChI is InChI=1S/C25H21N2.BF4/c1-27-16-14-20(15-17-27)12-13-24-18-23(21-8-4-2-5-9-21)19-25(26-24)22-10-6-3-7-11-22;2-1(3,4)5/h2-19H,1H3;/q+1;-1/b13-12-;. The first-order valence-corrected chi connectivity index (χ1v) is 9.91. The summed E-state index contributed by atoms with van der Waals surface area (Å²) < 4.78 is 41.0. The van der Waals surface area contributed by atoms with E-state index in [9.17, 15) is 17.3 Å². The second kappa shape index (κ2) is 10.5. The maximum atomic E-state index is 9.75. The number of pyridine rings is 2. The van der Waals surface area contributed by atoms with Crippen molar-refractivity contribution in [3.8, 4) is 22.4 Å². The molecule has 4 rings (SSSR count). The Morgan fingerprint density at radius 1 is 0.688 bits per heavy atom. The number of aryl methyl sites for hydroxylation is 1. The molecule has 0 aliphatic heterocycles. The highest BCUT2D eigenvalue weighted by molar-refractivity contribution is 6.50. The van der Waals surface area contributed by atoms with E-state index in [1.807, 2.05) is 48.3 Å². The van der Waals surface area contributed by atoms with E-state index in [-0.39, 0.29) is 0 Å². The van der Waals surface area contributed by atoms with Crippen LogP contribution in [0.25, 0.3) is 34.5 Å². The van der Waals surface area contributed by atoms with E-state index >= 15 is 0 Å². The van der Waals surface area contributed by atoms with E-state index in [1.165, 1.54) is 11.1 Å². The van der Waals surface area contributed by atoms with Gasteiger partial charge in [-0.1, -0.05) is 66.7 Å². The van der Waals surface area contributed by atoms with Crippen LogP contribution in [0.2, 0.25) is 0 Å². The number of benzene rings is 2. The van der Waals surface area contributed by atoms with Gasteiger partial charge in [-0.3, -0.25) is 0 Å². The van der Waals surface area contributed by atoms with E-state index in [0.29, 0.717) is 0 Å². The lowest BCUT2D eigenvalue weighted by Crippen LogP contribution is -2.25. The van der Waals surface area contributed by atoms with Gasteiger partial charge in [-0.2, -0.15) is 0 Å². The Morgan fingerprint density at radius 2 is 1.22 bits per heavy atom. The normalized spacial score (nSPS) is 11.2. The molecule has 0 amide bonds. The van der Waals surface area contributed by atoms with E-state index in [2.05, 4.69) is 72.8 Å². The highest BCUT2D eigenvalue weighted by Crippen LogP contribution is 2.26. The number of hydrogen-bond donors (Lipinski definition) is 0. The summed E-state index contributed by atoms with van der Waals surface area (Å²) in [6.07, 6.45) is 8.27. The minimum absolute atomic E-state index is 0.948. The maximum Gasteiger partial charge on any atom is 0.673 e. The molecule has 162 valence electrons. The Bertz CT molecular complexity index is 1100. The quantitative estimate of drug-likeness (QED) is 0.197. The van der Waals surface area contributed by atoms with Crippen molar-refractivity contribution in [2.24, 2.45) is 7.05 Å². The average molecular weight is 436 g/mol. The zero-order chi connectivity index (χ0) is 23.0. The van der Waals surface area contributed by atoms with Crippen LogP contribution in [0.15, 0.2) is 97.3 Å². The Hall–Kier alpha value is -3.74. The Morgan fingerprint density at radius 3 is 1.78 bits per heavy atom. The fraction of sp³-hybridized carbons (Fsp3) is 0.0400. The second-order valence-corrected chi connectivity index (χ2v) is 7.02. The molecule has 2 nitrogen and oxygen atoms in total. The summed E-state index contributed by atoms with van der Waals surface area (Å²) in [7, 11) is -3.98. The summed E-state index contributed by atoms with van der Waals surface area (Å²) in [6.45, 7) is 0. The van der Waals surface area contributed by atoms with Crippen molar-refractivity contribution in [2.45, 2.75) is 0 Å². The van der Waals surface area contributed by atoms with Crippen LogP contribution in [0, 0.1) is 0 Å². The van der Waals surface area contributed by atoms with E-state index < -0.39 is 7.25 Å². The summed E-state index contributed by atoms with van der Waals surface area (Å²) in [5.74, 6) is 0. The van der Waals surface area contributed by atoms with Crippen molar-refractivity contribution in [3.63, 3.8) is 0 Å². The van der Waals surface area contributed by atoms with E-state index in [4.69, 9.17) is 4.98 Å². The lowest BCUT2D eigenvalue weighted by Gasteiger charge is -2.08. The van der Waals surface area contributed by atoms with Crippen molar-refractivity contribution in [2.75, 3.05) is 0 Å². The number of halogens is 4. The van der Waals surface area contributed by atoms with Gasteiger partial charge in [0, 0.05) is 17.7 Å². The highest BCUT2D eigenvalue weighted by Gasteiger charge is 2.20. The Kier molecular flexibility index (Phi) is 7.55. The van der Waals surface area contributed by atoms with Crippen LogP contribution in [0.1, 0.15) is 11.3 Å². The summed E-state index contributed by atoms with van der Waals surface area (Å²) in [5, 5.41) is 0.